The van der Waals surface area contributed by atoms with Gasteiger partial charge in [0, 0.05) is 22.2 Å². The summed E-state index contributed by atoms with van der Waals surface area (Å²) in [5.74, 6) is -0.681. The predicted molar refractivity (Wildman–Crippen MR) is 108 cm³/mol. The summed E-state index contributed by atoms with van der Waals surface area (Å²) < 4.78 is 11.2. The first-order chi connectivity index (χ1) is 14.1. The minimum Gasteiger partial charge on any atom is -0.462 e. The molecule has 144 valence electrons. The number of nitrogens with two attached hydrogens (primary N) is 1. The fourth-order valence-electron chi connectivity index (χ4n) is 4.36. The van der Waals surface area contributed by atoms with Gasteiger partial charge in [-0.25, -0.2) is 4.79 Å². The first-order valence-corrected chi connectivity index (χ1v) is 9.37. The van der Waals surface area contributed by atoms with E-state index in [9.17, 15) is 9.59 Å². The number of carbonyl (C=O) groups excluding carboxylic acids is 2. The molecule has 2 aliphatic rings. The molecule has 29 heavy (non-hydrogen) atoms. The number of hydrogen-bond acceptors (Lipinski definition) is 5. The zero-order valence-electron chi connectivity index (χ0n) is 15.7. The van der Waals surface area contributed by atoms with Gasteiger partial charge in [0.05, 0.1) is 6.61 Å². The van der Waals surface area contributed by atoms with Gasteiger partial charge in [-0.1, -0.05) is 54.6 Å². The molecule has 3 aromatic rings. The van der Waals surface area contributed by atoms with E-state index in [4.69, 9.17) is 15.2 Å². The number of rotatable bonds is 2. The standard InChI is InChI=1S/C23H18N2O4/c1-2-28-21(26)18-20(24)29-19-14-8-4-3-7-13(14)11-12-16(19)23(18)15-9-5-6-10-17(15)25-22(23)27/h3-12H,2,24H2,1H3,(H,25,27). The highest BCUT2D eigenvalue weighted by Gasteiger charge is 2.58. The van der Waals surface area contributed by atoms with Crippen molar-refractivity contribution in [2.45, 2.75) is 12.3 Å². The van der Waals surface area contributed by atoms with Gasteiger partial charge in [-0.15, -0.1) is 0 Å². The minimum atomic E-state index is -1.44. The number of para-hydroxylation sites is 1. The number of ether oxygens (including phenoxy) is 2. The quantitative estimate of drug-likeness (QED) is 0.660. The van der Waals surface area contributed by atoms with Crippen LogP contribution in [0.1, 0.15) is 18.1 Å². The number of nitrogens with one attached hydrogen (secondary N) is 1. The third-order valence-corrected chi connectivity index (χ3v) is 5.52. The summed E-state index contributed by atoms with van der Waals surface area (Å²) in [6, 6.07) is 18.7. The van der Waals surface area contributed by atoms with E-state index in [1.54, 1.807) is 13.0 Å². The van der Waals surface area contributed by atoms with Crippen LogP contribution in [0.4, 0.5) is 5.69 Å². The Hall–Kier alpha value is -3.80. The zero-order valence-corrected chi connectivity index (χ0v) is 15.7. The molecule has 0 aromatic heterocycles. The summed E-state index contributed by atoms with van der Waals surface area (Å²) in [6.07, 6.45) is 0. The monoisotopic (exact) mass is 386 g/mol. The molecule has 0 bridgehead atoms. The lowest BCUT2D eigenvalue weighted by Gasteiger charge is -2.35. The molecule has 1 atom stereocenters. The van der Waals surface area contributed by atoms with Gasteiger partial charge in [-0.2, -0.15) is 0 Å². The van der Waals surface area contributed by atoms with Gasteiger partial charge in [-0.3, -0.25) is 4.79 Å². The third kappa shape index (κ3) is 2.17. The van der Waals surface area contributed by atoms with Gasteiger partial charge in [0.25, 0.3) is 0 Å². The van der Waals surface area contributed by atoms with Crippen LogP contribution in [0.2, 0.25) is 0 Å². The molecule has 1 amide bonds. The number of carbonyl (C=O) groups is 2. The highest BCUT2D eigenvalue weighted by molar-refractivity contribution is 6.18. The normalized spacial score (nSPS) is 19.6. The molecule has 6 heteroatoms. The van der Waals surface area contributed by atoms with Gasteiger partial charge < -0.3 is 20.5 Å². The molecule has 5 rings (SSSR count). The summed E-state index contributed by atoms with van der Waals surface area (Å²) >= 11 is 0. The number of fused-ring (bicyclic) bond motifs is 6. The molecule has 1 unspecified atom stereocenters. The van der Waals surface area contributed by atoms with Gasteiger partial charge >= 0.3 is 5.97 Å². The topological polar surface area (TPSA) is 90.7 Å². The number of hydrogen-bond donors (Lipinski definition) is 2. The molecule has 6 nitrogen and oxygen atoms in total. The van der Waals surface area contributed by atoms with Crippen molar-refractivity contribution in [1.29, 1.82) is 0 Å². The molecule has 0 saturated heterocycles. The summed E-state index contributed by atoms with van der Waals surface area (Å²) in [4.78, 5) is 26.5. The van der Waals surface area contributed by atoms with Crippen LogP contribution < -0.4 is 15.8 Å². The Morgan fingerprint density at radius 3 is 2.66 bits per heavy atom. The second kappa shape index (κ2) is 6.10. The molecule has 1 spiro atoms. The van der Waals surface area contributed by atoms with E-state index in [2.05, 4.69) is 5.32 Å². The van der Waals surface area contributed by atoms with Crippen molar-refractivity contribution in [2.75, 3.05) is 11.9 Å². The Balaban J connectivity index is 1.92. The second-order valence-electron chi connectivity index (χ2n) is 6.97. The molecular weight excluding hydrogens is 368 g/mol. The average Bonchev–Trinajstić information content (AvgIpc) is 3.00. The van der Waals surface area contributed by atoms with Crippen LogP contribution >= 0.6 is 0 Å². The second-order valence-corrected chi connectivity index (χ2v) is 6.97. The molecule has 0 saturated carbocycles. The Kier molecular flexibility index (Phi) is 3.64. The van der Waals surface area contributed by atoms with Crippen molar-refractivity contribution in [1.82, 2.24) is 0 Å². The zero-order chi connectivity index (χ0) is 20.2. The van der Waals surface area contributed by atoms with Gasteiger partial charge in [-0.05, 0) is 18.4 Å². The lowest BCUT2D eigenvalue weighted by Crippen LogP contribution is -2.45. The number of esters is 1. The highest BCUT2D eigenvalue weighted by atomic mass is 16.5. The SMILES string of the molecule is CCOC(=O)C1=C(N)Oc2c(ccc3ccccc23)C12C(=O)Nc1ccccc12. The van der Waals surface area contributed by atoms with Crippen molar-refractivity contribution in [3.8, 4) is 5.75 Å². The molecule has 2 aliphatic heterocycles. The summed E-state index contributed by atoms with van der Waals surface area (Å²) in [7, 11) is 0. The lowest BCUT2D eigenvalue weighted by atomic mass is 9.68. The summed E-state index contributed by atoms with van der Waals surface area (Å²) in [5.41, 5.74) is 6.68. The largest absolute Gasteiger partial charge is 0.462 e. The molecule has 0 radical (unpaired) electrons. The van der Waals surface area contributed by atoms with E-state index >= 15 is 0 Å². The average molecular weight is 386 g/mol. The van der Waals surface area contributed by atoms with E-state index in [1.165, 1.54) is 0 Å². The van der Waals surface area contributed by atoms with Crippen LogP contribution in [0.3, 0.4) is 0 Å². The fraction of sp³-hybridized carbons (Fsp3) is 0.130. The van der Waals surface area contributed by atoms with Gasteiger partial charge in [0.15, 0.2) is 0 Å². The Morgan fingerprint density at radius 1 is 1.07 bits per heavy atom. The first-order valence-electron chi connectivity index (χ1n) is 9.37. The van der Waals surface area contributed by atoms with Crippen LogP contribution in [-0.2, 0) is 19.7 Å². The molecular formula is C23H18N2O4. The third-order valence-electron chi connectivity index (χ3n) is 5.52. The van der Waals surface area contributed by atoms with E-state index in [0.717, 1.165) is 10.8 Å². The number of benzene rings is 3. The Morgan fingerprint density at radius 2 is 1.83 bits per heavy atom. The van der Waals surface area contributed by atoms with Gasteiger partial charge in [0.1, 0.15) is 16.7 Å². The Bertz CT molecular complexity index is 1230. The number of anilines is 1. The van der Waals surface area contributed by atoms with E-state index < -0.39 is 11.4 Å². The van der Waals surface area contributed by atoms with Crippen LogP contribution in [0, 0.1) is 0 Å². The van der Waals surface area contributed by atoms with Gasteiger partial charge in [0.2, 0.25) is 11.8 Å². The molecule has 0 aliphatic carbocycles. The molecule has 0 fully saturated rings. The van der Waals surface area contributed by atoms with E-state index in [1.807, 2.05) is 54.6 Å². The van der Waals surface area contributed by atoms with Crippen LogP contribution in [-0.4, -0.2) is 18.5 Å². The smallest absolute Gasteiger partial charge is 0.341 e. The molecule has 3 N–H and O–H groups in total. The molecule has 3 aromatic carbocycles. The summed E-state index contributed by atoms with van der Waals surface area (Å²) in [6.45, 7) is 1.86. The van der Waals surface area contributed by atoms with Crippen molar-refractivity contribution >= 4 is 28.3 Å². The fourth-order valence-corrected chi connectivity index (χ4v) is 4.36. The lowest BCUT2D eigenvalue weighted by molar-refractivity contribution is -0.140. The molecule has 2 heterocycles. The maximum atomic E-state index is 13.5. The van der Waals surface area contributed by atoms with Crippen molar-refractivity contribution < 1.29 is 19.1 Å². The first kappa shape index (κ1) is 17.3. The maximum Gasteiger partial charge on any atom is 0.341 e. The summed E-state index contributed by atoms with van der Waals surface area (Å²) in [5, 5.41) is 4.66. The van der Waals surface area contributed by atoms with Crippen molar-refractivity contribution in [2.24, 2.45) is 5.73 Å². The van der Waals surface area contributed by atoms with Crippen LogP contribution in [0.5, 0.6) is 5.75 Å². The van der Waals surface area contributed by atoms with Crippen LogP contribution in [0.15, 0.2) is 72.1 Å². The highest BCUT2D eigenvalue weighted by Crippen LogP contribution is 2.54. The number of amides is 1. The van der Waals surface area contributed by atoms with E-state index in [-0.39, 0.29) is 24.0 Å². The predicted octanol–water partition coefficient (Wildman–Crippen LogP) is 3.20. The van der Waals surface area contributed by atoms with Crippen LogP contribution in [0.25, 0.3) is 10.8 Å². The minimum absolute atomic E-state index is 0.00424. The van der Waals surface area contributed by atoms with E-state index in [0.29, 0.717) is 22.6 Å². The maximum absolute atomic E-state index is 13.5. The Labute approximate surface area is 166 Å². The van der Waals surface area contributed by atoms with Crippen molar-refractivity contribution in [3.63, 3.8) is 0 Å². The van der Waals surface area contributed by atoms with Crippen molar-refractivity contribution in [3.05, 3.63) is 83.2 Å².